The maximum absolute atomic E-state index is 12.7. The van der Waals surface area contributed by atoms with Crippen molar-refractivity contribution in [1.82, 2.24) is 4.31 Å². The molecule has 0 aliphatic carbocycles. The lowest BCUT2D eigenvalue weighted by Gasteiger charge is -2.25. The van der Waals surface area contributed by atoms with Gasteiger partial charge in [-0.05, 0) is 43.5 Å². The van der Waals surface area contributed by atoms with Crippen molar-refractivity contribution in [2.24, 2.45) is 0 Å². The lowest BCUT2D eigenvalue weighted by Crippen LogP contribution is -2.35. The number of anilines is 1. The molecular weight excluding hydrogens is 420 g/mol. The van der Waals surface area contributed by atoms with Crippen LogP contribution in [-0.2, 0) is 21.2 Å². The number of hydrogen-bond donors (Lipinski definition) is 1. The first-order valence-corrected chi connectivity index (χ1v) is 11.6. The van der Waals surface area contributed by atoms with E-state index in [4.69, 9.17) is 9.47 Å². The molecule has 0 spiro atoms. The van der Waals surface area contributed by atoms with Gasteiger partial charge >= 0.3 is 0 Å². The van der Waals surface area contributed by atoms with Crippen LogP contribution in [0.4, 0.5) is 5.69 Å². The van der Waals surface area contributed by atoms with Crippen molar-refractivity contribution in [3.05, 3.63) is 47.5 Å². The molecular formula is C22H24N2O6S. The first-order valence-electron chi connectivity index (χ1n) is 10.2. The fraction of sp³-hybridized carbons (Fsp3) is 0.364. The summed E-state index contributed by atoms with van der Waals surface area (Å²) in [6, 6.07) is 9.48. The first kappa shape index (κ1) is 21.3. The largest absolute Gasteiger partial charge is 0.454 e. The van der Waals surface area contributed by atoms with Crippen LogP contribution in [0.1, 0.15) is 42.1 Å². The maximum atomic E-state index is 12.7. The zero-order chi connectivity index (χ0) is 22.0. The molecule has 2 aliphatic rings. The Labute approximate surface area is 181 Å². The second kappa shape index (κ2) is 8.68. The highest BCUT2D eigenvalue weighted by molar-refractivity contribution is 7.89. The first-order chi connectivity index (χ1) is 14.8. The van der Waals surface area contributed by atoms with Crippen molar-refractivity contribution < 1.29 is 27.5 Å². The molecule has 164 valence electrons. The van der Waals surface area contributed by atoms with Crippen molar-refractivity contribution in [1.29, 1.82) is 0 Å². The number of carbonyl (C=O) groups excluding carboxylic acids is 2. The normalized spacial score (nSPS) is 16.2. The van der Waals surface area contributed by atoms with Crippen LogP contribution in [0.5, 0.6) is 11.5 Å². The summed E-state index contributed by atoms with van der Waals surface area (Å²) in [4.78, 5) is 24.8. The van der Waals surface area contributed by atoms with E-state index in [2.05, 4.69) is 5.32 Å². The van der Waals surface area contributed by atoms with Gasteiger partial charge in [-0.3, -0.25) is 9.59 Å². The van der Waals surface area contributed by atoms with Crippen LogP contribution in [0.2, 0.25) is 0 Å². The van der Waals surface area contributed by atoms with E-state index in [-0.39, 0.29) is 29.8 Å². The predicted octanol–water partition coefficient (Wildman–Crippen LogP) is 2.97. The molecule has 1 N–H and O–H groups in total. The molecule has 4 rings (SSSR count). The lowest BCUT2D eigenvalue weighted by atomic mass is 10.1. The summed E-state index contributed by atoms with van der Waals surface area (Å²) in [5, 5.41) is 2.74. The van der Waals surface area contributed by atoms with Crippen molar-refractivity contribution in [2.75, 3.05) is 25.2 Å². The highest BCUT2D eigenvalue weighted by atomic mass is 32.2. The molecule has 2 heterocycles. The van der Waals surface area contributed by atoms with Gasteiger partial charge in [-0.15, -0.1) is 0 Å². The van der Waals surface area contributed by atoms with E-state index in [0.29, 0.717) is 41.4 Å². The molecule has 1 fully saturated rings. The second-order valence-electron chi connectivity index (χ2n) is 7.64. The van der Waals surface area contributed by atoms with Crippen LogP contribution in [0.15, 0.2) is 41.3 Å². The van der Waals surface area contributed by atoms with Crippen molar-refractivity contribution in [3.8, 4) is 11.5 Å². The van der Waals surface area contributed by atoms with Crippen LogP contribution in [0.3, 0.4) is 0 Å². The van der Waals surface area contributed by atoms with E-state index >= 15 is 0 Å². The average molecular weight is 445 g/mol. The number of ketones is 1. The minimum Gasteiger partial charge on any atom is -0.454 e. The van der Waals surface area contributed by atoms with E-state index < -0.39 is 10.0 Å². The molecule has 0 radical (unpaired) electrons. The summed E-state index contributed by atoms with van der Waals surface area (Å²) in [7, 11) is -3.51. The molecule has 0 saturated carbocycles. The molecule has 31 heavy (non-hydrogen) atoms. The number of hydrogen-bond acceptors (Lipinski definition) is 6. The summed E-state index contributed by atoms with van der Waals surface area (Å²) in [5.41, 5.74) is 1.35. The Bertz CT molecular complexity index is 1110. The molecule has 2 aliphatic heterocycles. The molecule has 2 aromatic carbocycles. The van der Waals surface area contributed by atoms with Crippen molar-refractivity contribution >= 4 is 27.4 Å². The zero-order valence-corrected chi connectivity index (χ0v) is 18.0. The number of benzene rings is 2. The molecule has 1 amide bonds. The minimum absolute atomic E-state index is 0.0375. The minimum atomic E-state index is -3.51. The Kier molecular flexibility index (Phi) is 5.97. The molecule has 0 atom stereocenters. The van der Waals surface area contributed by atoms with Crippen LogP contribution in [0.25, 0.3) is 0 Å². The Morgan fingerprint density at radius 2 is 1.65 bits per heavy atom. The van der Waals surface area contributed by atoms with Gasteiger partial charge in [-0.25, -0.2) is 8.42 Å². The summed E-state index contributed by atoms with van der Waals surface area (Å²) in [5.74, 6) is 0.398. The Balaban J connectivity index is 1.45. The van der Waals surface area contributed by atoms with Gasteiger partial charge in [-0.1, -0.05) is 18.6 Å². The Hall–Kier alpha value is -2.91. The number of piperidine rings is 1. The van der Waals surface area contributed by atoms with E-state index in [1.54, 1.807) is 24.3 Å². The van der Waals surface area contributed by atoms with Crippen molar-refractivity contribution in [3.63, 3.8) is 0 Å². The van der Waals surface area contributed by atoms with Crippen LogP contribution < -0.4 is 14.8 Å². The van der Waals surface area contributed by atoms with Crippen LogP contribution >= 0.6 is 0 Å². The van der Waals surface area contributed by atoms with Gasteiger partial charge in [0.25, 0.3) is 0 Å². The van der Waals surface area contributed by atoms with Crippen LogP contribution in [-0.4, -0.2) is 44.3 Å². The van der Waals surface area contributed by atoms with Gasteiger partial charge in [0.05, 0.1) is 17.0 Å². The van der Waals surface area contributed by atoms with E-state index in [9.17, 15) is 18.0 Å². The molecule has 9 heteroatoms. The highest BCUT2D eigenvalue weighted by Gasteiger charge is 2.26. The van der Waals surface area contributed by atoms with E-state index in [0.717, 1.165) is 19.3 Å². The van der Waals surface area contributed by atoms with Gasteiger partial charge in [0.1, 0.15) is 0 Å². The number of nitrogens with zero attached hydrogens (tertiary/aromatic N) is 1. The number of rotatable bonds is 6. The zero-order valence-electron chi connectivity index (χ0n) is 17.2. The number of carbonyl (C=O) groups is 2. The van der Waals surface area contributed by atoms with Gasteiger partial charge in [0, 0.05) is 24.7 Å². The second-order valence-corrected chi connectivity index (χ2v) is 9.58. The van der Waals surface area contributed by atoms with E-state index in [1.165, 1.54) is 23.4 Å². The number of ether oxygens (including phenoxy) is 2. The third-order valence-electron chi connectivity index (χ3n) is 5.41. The Morgan fingerprint density at radius 1 is 1.00 bits per heavy atom. The summed E-state index contributed by atoms with van der Waals surface area (Å²) in [6.07, 6.45) is 2.84. The fourth-order valence-corrected chi connectivity index (χ4v) is 5.27. The number of amides is 1. The highest BCUT2D eigenvalue weighted by Crippen LogP contribution is 2.37. The number of nitrogens with one attached hydrogen (secondary N) is 1. The molecule has 0 aromatic heterocycles. The maximum Gasteiger partial charge on any atom is 0.243 e. The predicted molar refractivity (Wildman–Crippen MR) is 114 cm³/mol. The lowest BCUT2D eigenvalue weighted by molar-refractivity contribution is -0.115. The fourth-order valence-electron chi connectivity index (χ4n) is 3.75. The smallest absolute Gasteiger partial charge is 0.243 e. The standard InChI is InChI=1S/C22H24N2O6S/c1-15(25)18-12-20-21(30-14-29-20)13-19(18)23-22(26)11-16-5-7-17(8-6-16)31(27,28)24-9-3-2-4-10-24/h5-8,12-13H,2-4,9-11,14H2,1H3,(H,23,26). The van der Waals surface area contributed by atoms with Crippen LogP contribution in [0, 0.1) is 0 Å². The quantitative estimate of drug-likeness (QED) is 0.688. The molecule has 1 saturated heterocycles. The molecule has 8 nitrogen and oxygen atoms in total. The number of Topliss-reactive ketones (excluding diaryl/α,β-unsaturated/α-hetero) is 1. The van der Waals surface area contributed by atoms with Gasteiger partial charge in [0.15, 0.2) is 17.3 Å². The third kappa shape index (κ3) is 4.57. The monoisotopic (exact) mass is 444 g/mol. The van der Waals surface area contributed by atoms with Crippen molar-refractivity contribution in [2.45, 2.75) is 37.5 Å². The van der Waals surface area contributed by atoms with Gasteiger partial charge < -0.3 is 14.8 Å². The number of sulfonamides is 1. The summed E-state index contributed by atoms with van der Waals surface area (Å²) < 4.78 is 37.6. The molecule has 0 bridgehead atoms. The Morgan fingerprint density at radius 3 is 2.29 bits per heavy atom. The SMILES string of the molecule is CC(=O)c1cc2c(cc1NC(=O)Cc1ccc(S(=O)(=O)N3CCCCC3)cc1)OCO2. The molecule has 0 unspecified atom stereocenters. The van der Waals surface area contributed by atoms with Gasteiger partial charge in [-0.2, -0.15) is 4.31 Å². The summed E-state index contributed by atoms with van der Waals surface area (Å²) in [6.45, 7) is 2.56. The van der Waals surface area contributed by atoms with E-state index in [1.807, 2.05) is 0 Å². The summed E-state index contributed by atoms with van der Waals surface area (Å²) >= 11 is 0. The number of fused-ring (bicyclic) bond motifs is 1. The third-order valence-corrected chi connectivity index (χ3v) is 7.32. The topological polar surface area (TPSA) is 102 Å². The average Bonchev–Trinajstić information content (AvgIpc) is 3.21. The van der Waals surface area contributed by atoms with Gasteiger partial charge in [0.2, 0.25) is 22.7 Å². The molecule has 2 aromatic rings.